The lowest BCUT2D eigenvalue weighted by atomic mass is 10.1. The zero-order chi connectivity index (χ0) is 10.1. The molecule has 1 aromatic heterocycles. The second-order valence-electron chi connectivity index (χ2n) is 3.44. The van der Waals surface area contributed by atoms with Crippen molar-refractivity contribution in [3.8, 4) is 0 Å². The molecule has 0 atom stereocenters. The lowest BCUT2D eigenvalue weighted by molar-refractivity contribution is 0.930. The van der Waals surface area contributed by atoms with E-state index in [9.17, 15) is 0 Å². The number of rotatable bonds is 2. The Balaban J connectivity index is 2.72. The van der Waals surface area contributed by atoms with Crippen molar-refractivity contribution >= 4 is 22.5 Å². The minimum atomic E-state index is 0.669. The lowest BCUT2D eigenvalue weighted by Crippen LogP contribution is -2.04. The SMILES string of the molecule is Cn1cc(Cl)c2cccc(CCN)c21. The number of fused-ring (bicyclic) bond motifs is 1. The van der Waals surface area contributed by atoms with Crippen LogP contribution in [0.15, 0.2) is 24.4 Å². The van der Waals surface area contributed by atoms with Crippen LogP contribution in [-0.4, -0.2) is 11.1 Å². The van der Waals surface area contributed by atoms with E-state index in [1.54, 1.807) is 0 Å². The Morgan fingerprint density at radius 3 is 2.93 bits per heavy atom. The molecule has 3 heteroatoms. The summed E-state index contributed by atoms with van der Waals surface area (Å²) in [4.78, 5) is 0. The minimum absolute atomic E-state index is 0.669. The van der Waals surface area contributed by atoms with Gasteiger partial charge in [0.2, 0.25) is 0 Å². The van der Waals surface area contributed by atoms with Crippen LogP contribution in [0, 0.1) is 0 Å². The number of hydrogen-bond acceptors (Lipinski definition) is 1. The smallest absolute Gasteiger partial charge is 0.0661 e. The maximum atomic E-state index is 6.10. The van der Waals surface area contributed by atoms with Crippen molar-refractivity contribution in [1.29, 1.82) is 0 Å². The fraction of sp³-hybridized carbons (Fsp3) is 0.273. The Labute approximate surface area is 88.3 Å². The molecule has 0 amide bonds. The molecule has 0 aliphatic carbocycles. The Hall–Kier alpha value is -0.990. The Kier molecular flexibility index (Phi) is 2.48. The van der Waals surface area contributed by atoms with Crippen molar-refractivity contribution in [2.24, 2.45) is 12.8 Å². The second-order valence-corrected chi connectivity index (χ2v) is 3.85. The van der Waals surface area contributed by atoms with E-state index in [0.717, 1.165) is 16.8 Å². The van der Waals surface area contributed by atoms with Crippen LogP contribution in [0.4, 0.5) is 0 Å². The summed E-state index contributed by atoms with van der Waals surface area (Å²) in [6.07, 6.45) is 2.83. The van der Waals surface area contributed by atoms with E-state index >= 15 is 0 Å². The maximum Gasteiger partial charge on any atom is 0.0661 e. The molecule has 0 unspecified atom stereocenters. The highest BCUT2D eigenvalue weighted by molar-refractivity contribution is 6.35. The van der Waals surface area contributed by atoms with Crippen molar-refractivity contribution in [1.82, 2.24) is 4.57 Å². The summed E-state index contributed by atoms with van der Waals surface area (Å²) in [5, 5.41) is 1.92. The van der Waals surface area contributed by atoms with Crippen LogP contribution in [0.25, 0.3) is 10.9 Å². The highest BCUT2D eigenvalue weighted by Gasteiger charge is 2.07. The van der Waals surface area contributed by atoms with Gasteiger partial charge in [0.15, 0.2) is 0 Å². The highest BCUT2D eigenvalue weighted by Crippen LogP contribution is 2.27. The van der Waals surface area contributed by atoms with Gasteiger partial charge in [0.25, 0.3) is 0 Å². The number of hydrogen-bond donors (Lipinski definition) is 1. The van der Waals surface area contributed by atoms with Crippen LogP contribution in [0.1, 0.15) is 5.56 Å². The van der Waals surface area contributed by atoms with Crippen LogP contribution < -0.4 is 5.73 Å². The van der Waals surface area contributed by atoms with Gasteiger partial charge >= 0.3 is 0 Å². The first-order valence-corrected chi connectivity index (χ1v) is 5.04. The van der Waals surface area contributed by atoms with Gasteiger partial charge in [-0.2, -0.15) is 0 Å². The molecule has 2 aromatic rings. The molecular weight excluding hydrogens is 196 g/mol. The first-order valence-electron chi connectivity index (χ1n) is 4.66. The normalized spacial score (nSPS) is 11.1. The second kappa shape index (κ2) is 3.64. The molecule has 0 fully saturated rings. The molecule has 0 bridgehead atoms. The van der Waals surface area contributed by atoms with E-state index in [1.165, 1.54) is 11.1 Å². The van der Waals surface area contributed by atoms with Crippen LogP contribution >= 0.6 is 11.6 Å². The number of benzene rings is 1. The fourth-order valence-corrected chi connectivity index (χ4v) is 2.16. The summed E-state index contributed by atoms with van der Waals surface area (Å²) in [6, 6.07) is 6.17. The monoisotopic (exact) mass is 208 g/mol. The van der Waals surface area contributed by atoms with Crippen molar-refractivity contribution in [2.45, 2.75) is 6.42 Å². The average Bonchev–Trinajstić information content (AvgIpc) is 2.44. The van der Waals surface area contributed by atoms with Crippen molar-refractivity contribution in [3.05, 3.63) is 35.0 Å². The number of nitrogens with zero attached hydrogens (tertiary/aromatic N) is 1. The zero-order valence-corrected chi connectivity index (χ0v) is 8.88. The highest BCUT2D eigenvalue weighted by atomic mass is 35.5. The van der Waals surface area contributed by atoms with E-state index in [2.05, 4.69) is 10.6 Å². The predicted octanol–water partition coefficient (Wildman–Crippen LogP) is 2.33. The van der Waals surface area contributed by atoms with Gasteiger partial charge < -0.3 is 10.3 Å². The summed E-state index contributed by atoms with van der Waals surface area (Å²) in [5.74, 6) is 0. The van der Waals surface area contributed by atoms with Gasteiger partial charge in [0, 0.05) is 18.6 Å². The van der Waals surface area contributed by atoms with Crippen LogP contribution in [0.5, 0.6) is 0 Å². The van der Waals surface area contributed by atoms with Crippen LogP contribution in [-0.2, 0) is 13.5 Å². The maximum absolute atomic E-state index is 6.10. The van der Waals surface area contributed by atoms with Crippen molar-refractivity contribution < 1.29 is 0 Å². The third-order valence-corrected chi connectivity index (χ3v) is 2.75. The first kappa shape index (κ1) is 9.56. The number of aryl methyl sites for hydroxylation is 1. The van der Waals surface area contributed by atoms with E-state index in [1.807, 2.05) is 25.4 Å². The molecule has 1 aromatic carbocycles. The Morgan fingerprint density at radius 2 is 2.21 bits per heavy atom. The van der Waals surface area contributed by atoms with Gasteiger partial charge in [-0.3, -0.25) is 0 Å². The van der Waals surface area contributed by atoms with Gasteiger partial charge in [-0.05, 0) is 18.5 Å². The quantitative estimate of drug-likeness (QED) is 0.807. The van der Waals surface area contributed by atoms with Gasteiger partial charge in [-0.15, -0.1) is 0 Å². The topological polar surface area (TPSA) is 30.9 Å². The Morgan fingerprint density at radius 1 is 1.43 bits per heavy atom. The standard InChI is InChI=1S/C11H13ClN2/c1-14-7-10(12)9-4-2-3-8(5-6-13)11(9)14/h2-4,7H,5-6,13H2,1H3. The first-order chi connectivity index (χ1) is 6.74. The number of aromatic nitrogens is 1. The molecule has 1 heterocycles. The number of nitrogens with two attached hydrogens (primary N) is 1. The van der Waals surface area contributed by atoms with E-state index in [4.69, 9.17) is 17.3 Å². The molecule has 2 N–H and O–H groups in total. The molecule has 0 aliphatic heterocycles. The largest absolute Gasteiger partial charge is 0.349 e. The summed E-state index contributed by atoms with van der Waals surface area (Å²) in [6.45, 7) is 0.669. The molecule has 2 rings (SSSR count). The minimum Gasteiger partial charge on any atom is -0.349 e. The van der Waals surface area contributed by atoms with Gasteiger partial charge in [-0.1, -0.05) is 29.8 Å². The average molecular weight is 209 g/mol. The molecule has 0 spiro atoms. The number of para-hydroxylation sites is 1. The number of halogens is 1. The van der Waals surface area contributed by atoms with E-state index in [0.29, 0.717) is 6.54 Å². The molecular formula is C11H13ClN2. The molecule has 74 valence electrons. The molecule has 0 saturated carbocycles. The summed E-state index contributed by atoms with van der Waals surface area (Å²) in [5.41, 5.74) is 8.03. The summed E-state index contributed by atoms with van der Waals surface area (Å²) >= 11 is 6.10. The summed E-state index contributed by atoms with van der Waals surface area (Å²) in [7, 11) is 2.01. The van der Waals surface area contributed by atoms with Crippen molar-refractivity contribution in [2.75, 3.05) is 6.54 Å². The molecule has 0 aliphatic rings. The summed E-state index contributed by atoms with van der Waals surface area (Å²) < 4.78 is 2.06. The third-order valence-electron chi connectivity index (χ3n) is 2.45. The molecule has 0 saturated heterocycles. The van der Waals surface area contributed by atoms with E-state index in [-0.39, 0.29) is 0 Å². The molecule has 14 heavy (non-hydrogen) atoms. The Bertz CT molecular complexity index is 460. The fourth-order valence-electron chi connectivity index (χ4n) is 1.86. The van der Waals surface area contributed by atoms with Gasteiger partial charge in [0.05, 0.1) is 10.5 Å². The third kappa shape index (κ3) is 1.41. The van der Waals surface area contributed by atoms with Crippen LogP contribution in [0.3, 0.4) is 0 Å². The predicted molar refractivity (Wildman–Crippen MR) is 60.7 cm³/mol. The van der Waals surface area contributed by atoms with Crippen LogP contribution in [0.2, 0.25) is 5.02 Å². The zero-order valence-electron chi connectivity index (χ0n) is 8.13. The lowest BCUT2D eigenvalue weighted by Gasteiger charge is -2.03. The van der Waals surface area contributed by atoms with Crippen molar-refractivity contribution in [3.63, 3.8) is 0 Å². The van der Waals surface area contributed by atoms with Gasteiger partial charge in [0.1, 0.15) is 0 Å². The molecule has 2 nitrogen and oxygen atoms in total. The molecule has 0 radical (unpaired) electrons. The van der Waals surface area contributed by atoms with E-state index < -0.39 is 0 Å². The van der Waals surface area contributed by atoms with Gasteiger partial charge in [-0.25, -0.2) is 0 Å².